The van der Waals surface area contributed by atoms with Crippen molar-refractivity contribution in [3.63, 3.8) is 0 Å². The molecule has 2 heteroatoms. The number of ether oxygens (including phenoxy) is 2. The molecule has 1 fully saturated rings. The summed E-state index contributed by atoms with van der Waals surface area (Å²) in [5.41, 5.74) is 0.0684. The molecule has 1 rings (SSSR count). The smallest absolute Gasteiger partial charge is 0.0726 e. The fourth-order valence-electron chi connectivity index (χ4n) is 2.37. The number of methoxy groups -OCH3 is 2. The first kappa shape index (κ1) is 11.0. The lowest BCUT2D eigenvalue weighted by Crippen LogP contribution is -2.44. The van der Waals surface area contributed by atoms with Gasteiger partial charge in [-0.15, -0.1) is 0 Å². The molecule has 0 aromatic carbocycles. The predicted octanol–water partition coefficient (Wildman–Crippen LogP) is 2.62. The maximum atomic E-state index is 5.69. The zero-order chi connectivity index (χ0) is 9.90. The van der Waals surface area contributed by atoms with Crippen LogP contribution < -0.4 is 0 Å². The van der Waals surface area contributed by atoms with E-state index in [0.717, 1.165) is 6.42 Å². The van der Waals surface area contributed by atoms with Gasteiger partial charge < -0.3 is 9.47 Å². The highest BCUT2D eigenvalue weighted by atomic mass is 16.5. The van der Waals surface area contributed by atoms with Crippen molar-refractivity contribution in [1.29, 1.82) is 0 Å². The first-order valence-electron chi connectivity index (χ1n) is 5.22. The van der Waals surface area contributed by atoms with Gasteiger partial charge in [-0.2, -0.15) is 0 Å². The average molecular weight is 186 g/mol. The second-order valence-corrected chi connectivity index (χ2v) is 4.38. The molecule has 0 spiro atoms. The van der Waals surface area contributed by atoms with E-state index in [1.54, 1.807) is 7.11 Å². The first-order chi connectivity index (χ1) is 6.14. The fraction of sp³-hybridized carbons (Fsp3) is 1.00. The van der Waals surface area contributed by atoms with E-state index in [-0.39, 0.29) is 5.60 Å². The van der Waals surface area contributed by atoms with Crippen molar-refractivity contribution in [3.05, 3.63) is 0 Å². The van der Waals surface area contributed by atoms with Gasteiger partial charge >= 0.3 is 0 Å². The third-order valence-electron chi connectivity index (χ3n) is 3.49. The monoisotopic (exact) mass is 186 g/mol. The van der Waals surface area contributed by atoms with Gasteiger partial charge in [0.15, 0.2) is 0 Å². The van der Waals surface area contributed by atoms with Gasteiger partial charge in [0.1, 0.15) is 0 Å². The number of rotatable bonds is 3. The van der Waals surface area contributed by atoms with Crippen molar-refractivity contribution in [3.8, 4) is 0 Å². The third kappa shape index (κ3) is 2.23. The van der Waals surface area contributed by atoms with Crippen molar-refractivity contribution < 1.29 is 9.47 Å². The first-order valence-corrected chi connectivity index (χ1v) is 5.22. The molecule has 0 N–H and O–H groups in total. The zero-order valence-corrected chi connectivity index (χ0v) is 9.30. The van der Waals surface area contributed by atoms with Gasteiger partial charge in [-0.25, -0.2) is 0 Å². The molecule has 0 amide bonds. The summed E-state index contributed by atoms with van der Waals surface area (Å²) in [7, 11) is 3.63. The summed E-state index contributed by atoms with van der Waals surface area (Å²) in [4.78, 5) is 0. The molecule has 0 heterocycles. The van der Waals surface area contributed by atoms with Crippen LogP contribution in [-0.2, 0) is 9.47 Å². The molecule has 2 unspecified atom stereocenters. The van der Waals surface area contributed by atoms with E-state index < -0.39 is 0 Å². The Morgan fingerprint density at radius 3 is 2.46 bits per heavy atom. The SMILES string of the molecule is COC1CCCC(OC)(C(C)C)C1. The molecule has 0 radical (unpaired) electrons. The van der Waals surface area contributed by atoms with E-state index in [1.807, 2.05) is 7.11 Å². The quantitative estimate of drug-likeness (QED) is 0.674. The average Bonchev–Trinajstić information content (AvgIpc) is 2.17. The highest BCUT2D eigenvalue weighted by Crippen LogP contribution is 2.38. The van der Waals surface area contributed by atoms with Gasteiger partial charge in [0.05, 0.1) is 11.7 Å². The van der Waals surface area contributed by atoms with Crippen LogP contribution in [0.5, 0.6) is 0 Å². The van der Waals surface area contributed by atoms with Crippen molar-refractivity contribution in [2.24, 2.45) is 5.92 Å². The van der Waals surface area contributed by atoms with Crippen LogP contribution in [0.1, 0.15) is 39.5 Å². The standard InChI is InChI=1S/C11H22O2/c1-9(2)11(13-4)7-5-6-10(8-11)12-3/h9-10H,5-8H2,1-4H3. The molecule has 2 atom stereocenters. The van der Waals surface area contributed by atoms with Crippen LogP contribution in [0.4, 0.5) is 0 Å². The van der Waals surface area contributed by atoms with Crippen LogP contribution >= 0.6 is 0 Å². The van der Waals surface area contributed by atoms with Gasteiger partial charge in [-0.3, -0.25) is 0 Å². The van der Waals surface area contributed by atoms with E-state index in [4.69, 9.17) is 9.47 Å². The lowest BCUT2D eigenvalue weighted by molar-refractivity contribution is -0.111. The summed E-state index contributed by atoms with van der Waals surface area (Å²) in [6, 6.07) is 0. The van der Waals surface area contributed by atoms with Crippen molar-refractivity contribution >= 4 is 0 Å². The van der Waals surface area contributed by atoms with E-state index in [9.17, 15) is 0 Å². The Bertz CT molecular complexity index is 156. The topological polar surface area (TPSA) is 18.5 Å². The van der Waals surface area contributed by atoms with Gasteiger partial charge in [-0.1, -0.05) is 13.8 Å². The Balaban J connectivity index is 2.64. The molecule has 0 aromatic heterocycles. The minimum absolute atomic E-state index is 0.0684. The van der Waals surface area contributed by atoms with Crippen molar-refractivity contribution in [1.82, 2.24) is 0 Å². The van der Waals surface area contributed by atoms with Gasteiger partial charge in [-0.05, 0) is 25.2 Å². The molecule has 1 aliphatic rings. The molecule has 1 aliphatic carbocycles. The van der Waals surface area contributed by atoms with Gasteiger partial charge in [0.25, 0.3) is 0 Å². The van der Waals surface area contributed by atoms with Gasteiger partial charge in [0.2, 0.25) is 0 Å². The molecule has 2 nitrogen and oxygen atoms in total. The molecule has 0 saturated heterocycles. The van der Waals surface area contributed by atoms with E-state index in [2.05, 4.69) is 13.8 Å². The van der Waals surface area contributed by atoms with E-state index >= 15 is 0 Å². The normalized spacial score (nSPS) is 35.3. The fourth-order valence-corrected chi connectivity index (χ4v) is 2.37. The molecule has 0 bridgehead atoms. The van der Waals surface area contributed by atoms with Crippen LogP contribution in [-0.4, -0.2) is 25.9 Å². The number of hydrogen-bond acceptors (Lipinski definition) is 2. The highest BCUT2D eigenvalue weighted by Gasteiger charge is 2.39. The summed E-state index contributed by atoms with van der Waals surface area (Å²) in [5, 5.41) is 0. The van der Waals surface area contributed by atoms with Crippen LogP contribution in [0.25, 0.3) is 0 Å². The predicted molar refractivity (Wildman–Crippen MR) is 53.8 cm³/mol. The zero-order valence-electron chi connectivity index (χ0n) is 9.30. The highest BCUT2D eigenvalue weighted by molar-refractivity contribution is 4.90. The lowest BCUT2D eigenvalue weighted by Gasteiger charge is -2.42. The minimum Gasteiger partial charge on any atom is -0.381 e. The molecule has 1 saturated carbocycles. The summed E-state index contributed by atoms with van der Waals surface area (Å²) in [6.45, 7) is 4.48. The molecule has 13 heavy (non-hydrogen) atoms. The largest absolute Gasteiger partial charge is 0.381 e. The Morgan fingerprint density at radius 2 is 2.00 bits per heavy atom. The van der Waals surface area contributed by atoms with E-state index in [0.29, 0.717) is 12.0 Å². The molecular weight excluding hydrogens is 164 g/mol. The Hall–Kier alpha value is -0.0800. The Kier molecular flexibility index (Phi) is 3.74. The van der Waals surface area contributed by atoms with Crippen molar-refractivity contribution in [2.75, 3.05) is 14.2 Å². The van der Waals surface area contributed by atoms with Crippen LogP contribution in [0.3, 0.4) is 0 Å². The summed E-state index contributed by atoms with van der Waals surface area (Å²) in [5.74, 6) is 0.579. The molecular formula is C11H22O2. The summed E-state index contributed by atoms with van der Waals surface area (Å²) >= 11 is 0. The van der Waals surface area contributed by atoms with Crippen LogP contribution in [0.15, 0.2) is 0 Å². The molecule has 0 aromatic rings. The summed E-state index contributed by atoms with van der Waals surface area (Å²) in [6.07, 6.45) is 5.05. The van der Waals surface area contributed by atoms with Crippen LogP contribution in [0.2, 0.25) is 0 Å². The maximum Gasteiger partial charge on any atom is 0.0726 e. The second kappa shape index (κ2) is 4.43. The molecule has 0 aliphatic heterocycles. The minimum atomic E-state index is 0.0684. The van der Waals surface area contributed by atoms with Crippen LogP contribution in [0, 0.1) is 5.92 Å². The van der Waals surface area contributed by atoms with E-state index in [1.165, 1.54) is 19.3 Å². The maximum absolute atomic E-state index is 5.69. The lowest BCUT2D eigenvalue weighted by atomic mass is 9.76. The number of hydrogen-bond donors (Lipinski definition) is 0. The van der Waals surface area contributed by atoms with Crippen molar-refractivity contribution in [2.45, 2.75) is 51.2 Å². The Morgan fingerprint density at radius 1 is 1.31 bits per heavy atom. The Labute approximate surface area is 81.6 Å². The summed E-state index contributed by atoms with van der Waals surface area (Å²) < 4.78 is 11.1. The second-order valence-electron chi connectivity index (χ2n) is 4.38. The van der Waals surface area contributed by atoms with Gasteiger partial charge in [0, 0.05) is 20.6 Å². The third-order valence-corrected chi connectivity index (χ3v) is 3.49. The molecule has 78 valence electrons.